The van der Waals surface area contributed by atoms with Crippen LogP contribution in [0.4, 0.5) is 13.2 Å². The van der Waals surface area contributed by atoms with Crippen molar-refractivity contribution in [3.05, 3.63) is 0 Å². The molecule has 0 bridgehead atoms. The van der Waals surface area contributed by atoms with Crippen LogP contribution >= 0.6 is 0 Å². The number of rotatable bonds is 7. The molecular weight excluding hydrogens is 205 g/mol. The Bertz CT molecular complexity index is 157. The summed E-state index contributed by atoms with van der Waals surface area (Å²) in [6, 6.07) is 0. The minimum Gasteiger partial charge on any atom is -0.315 e. The van der Waals surface area contributed by atoms with Crippen LogP contribution < -0.4 is 10.6 Å². The molecule has 1 unspecified atom stereocenters. The fraction of sp³-hybridized carbons (Fsp3) is 1.00. The average molecular weight is 226 g/mol. The Morgan fingerprint density at radius 2 is 1.53 bits per heavy atom. The fourth-order valence-corrected chi connectivity index (χ4v) is 0.972. The summed E-state index contributed by atoms with van der Waals surface area (Å²) in [5.41, 5.74) is 0. The zero-order chi connectivity index (χ0) is 11.9. The van der Waals surface area contributed by atoms with E-state index < -0.39 is 12.7 Å². The second-order valence-corrected chi connectivity index (χ2v) is 4.22. The summed E-state index contributed by atoms with van der Waals surface area (Å²) in [6.07, 6.45) is -4.11. The van der Waals surface area contributed by atoms with Gasteiger partial charge in [-0.05, 0) is 18.4 Å². The number of halogens is 3. The van der Waals surface area contributed by atoms with Gasteiger partial charge in [-0.25, -0.2) is 0 Å². The molecule has 5 heteroatoms. The van der Waals surface area contributed by atoms with Gasteiger partial charge in [0, 0.05) is 13.1 Å². The Hall–Kier alpha value is -0.290. The zero-order valence-electron chi connectivity index (χ0n) is 9.62. The van der Waals surface area contributed by atoms with Gasteiger partial charge in [0.1, 0.15) is 0 Å². The quantitative estimate of drug-likeness (QED) is 0.649. The van der Waals surface area contributed by atoms with Crippen molar-refractivity contribution in [2.45, 2.75) is 26.9 Å². The van der Waals surface area contributed by atoms with Crippen molar-refractivity contribution in [3.63, 3.8) is 0 Å². The zero-order valence-corrected chi connectivity index (χ0v) is 9.62. The van der Waals surface area contributed by atoms with Crippen LogP contribution in [0.3, 0.4) is 0 Å². The normalized spacial score (nSPS) is 14.6. The van der Waals surface area contributed by atoms with Gasteiger partial charge in [0.05, 0.1) is 6.54 Å². The molecule has 0 fully saturated rings. The second kappa shape index (κ2) is 7.06. The summed E-state index contributed by atoms with van der Waals surface area (Å²) in [7, 11) is 0. The van der Waals surface area contributed by atoms with Gasteiger partial charge in [-0.15, -0.1) is 0 Å². The maximum Gasteiger partial charge on any atom is 0.401 e. The standard InChI is InChI=1S/C10H21F3N2/c1-8(2)9(3)6-14-4-5-15-7-10(11,12)13/h8-9,14-15H,4-7H2,1-3H3. The maximum absolute atomic E-state index is 11.7. The van der Waals surface area contributed by atoms with Crippen LogP contribution in [0.25, 0.3) is 0 Å². The number of alkyl halides is 3. The van der Waals surface area contributed by atoms with Crippen molar-refractivity contribution in [2.24, 2.45) is 11.8 Å². The van der Waals surface area contributed by atoms with Crippen molar-refractivity contribution in [2.75, 3.05) is 26.2 Å². The van der Waals surface area contributed by atoms with E-state index >= 15 is 0 Å². The Labute approximate surface area is 89.6 Å². The van der Waals surface area contributed by atoms with Crippen LogP contribution in [0, 0.1) is 11.8 Å². The van der Waals surface area contributed by atoms with E-state index in [9.17, 15) is 13.2 Å². The third-order valence-electron chi connectivity index (χ3n) is 2.41. The molecule has 0 aromatic carbocycles. The van der Waals surface area contributed by atoms with E-state index in [1.54, 1.807) is 0 Å². The molecule has 1 atom stereocenters. The van der Waals surface area contributed by atoms with Crippen molar-refractivity contribution in [3.8, 4) is 0 Å². The van der Waals surface area contributed by atoms with Gasteiger partial charge >= 0.3 is 6.18 Å². The highest BCUT2D eigenvalue weighted by Gasteiger charge is 2.25. The van der Waals surface area contributed by atoms with Crippen LogP contribution in [-0.4, -0.2) is 32.4 Å². The molecule has 0 aromatic rings. The van der Waals surface area contributed by atoms with E-state index in [2.05, 4.69) is 31.4 Å². The highest BCUT2D eigenvalue weighted by Crippen LogP contribution is 2.11. The Balaban J connectivity index is 3.26. The smallest absolute Gasteiger partial charge is 0.315 e. The first-order valence-electron chi connectivity index (χ1n) is 5.31. The van der Waals surface area contributed by atoms with Crippen molar-refractivity contribution in [1.82, 2.24) is 10.6 Å². The summed E-state index contributed by atoms with van der Waals surface area (Å²) in [5.74, 6) is 1.15. The lowest BCUT2D eigenvalue weighted by atomic mass is 9.98. The van der Waals surface area contributed by atoms with Crippen LogP contribution in [0.2, 0.25) is 0 Å². The lowest BCUT2D eigenvalue weighted by Crippen LogP contribution is -2.35. The van der Waals surface area contributed by atoms with E-state index in [4.69, 9.17) is 0 Å². The molecule has 0 aliphatic rings. The summed E-state index contributed by atoms with van der Waals surface area (Å²) in [5, 5.41) is 5.46. The van der Waals surface area contributed by atoms with Gasteiger partial charge in [0.25, 0.3) is 0 Å². The maximum atomic E-state index is 11.7. The van der Waals surface area contributed by atoms with E-state index in [0.29, 0.717) is 24.9 Å². The van der Waals surface area contributed by atoms with Crippen LogP contribution in [0.15, 0.2) is 0 Å². The van der Waals surface area contributed by atoms with Crippen molar-refractivity contribution < 1.29 is 13.2 Å². The summed E-state index contributed by atoms with van der Waals surface area (Å²) < 4.78 is 35.1. The third kappa shape index (κ3) is 10.0. The molecule has 0 amide bonds. The molecule has 0 saturated heterocycles. The number of nitrogens with one attached hydrogen (secondary N) is 2. The molecule has 0 spiro atoms. The van der Waals surface area contributed by atoms with Gasteiger partial charge in [-0.3, -0.25) is 0 Å². The molecule has 0 aliphatic carbocycles. The topological polar surface area (TPSA) is 24.1 Å². The SMILES string of the molecule is CC(C)C(C)CNCCNCC(F)(F)F. The largest absolute Gasteiger partial charge is 0.401 e. The molecule has 0 aliphatic heterocycles. The predicted molar refractivity (Wildman–Crippen MR) is 55.8 cm³/mol. The van der Waals surface area contributed by atoms with Crippen LogP contribution in [0.1, 0.15) is 20.8 Å². The molecule has 92 valence electrons. The Morgan fingerprint density at radius 3 is 2.00 bits per heavy atom. The summed E-state index contributed by atoms with van der Waals surface area (Å²) >= 11 is 0. The minimum atomic E-state index is -4.11. The highest BCUT2D eigenvalue weighted by molar-refractivity contribution is 4.62. The van der Waals surface area contributed by atoms with Gasteiger partial charge in [0.15, 0.2) is 0 Å². The minimum absolute atomic E-state index is 0.352. The van der Waals surface area contributed by atoms with Crippen LogP contribution in [0.5, 0.6) is 0 Å². The van der Waals surface area contributed by atoms with Gasteiger partial charge in [-0.2, -0.15) is 13.2 Å². The summed E-state index contributed by atoms with van der Waals surface area (Å²) in [6.45, 7) is 7.26. The third-order valence-corrected chi connectivity index (χ3v) is 2.41. The Kier molecular flexibility index (Phi) is 6.92. The fourth-order valence-electron chi connectivity index (χ4n) is 0.972. The van der Waals surface area contributed by atoms with Gasteiger partial charge in [0.2, 0.25) is 0 Å². The summed E-state index contributed by atoms with van der Waals surface area (Å²) in [4.78, 5) is 0. The molecule has 0 heterocycles. The molecule has 0 rings (SSSR count). The molecule has 0 aromatic heterocycles. The lowest BCUT2D eigenvalue weighted by Gasteiger charge is -2.16. The van der Waals surface area contributed by atoms with E-state index in [0.717, 1.165) is 6.54 Å². The van der Waals surface area contributed by atoms with Crippen LogP contribution in [-0.2, 0) is 0 Å². The lowest BCUT2D eigenvalue weighted by molar-refractivity contribution is -0.124. The second-order valence-electron chi connectivity index (χ2n) is 4.22. The average Bonchev–Trinajstić information content (AvgIpc) is 2.08. The molecule has 0 saturated carbocycles. The highest BCUT2D eigenvalue weighted by atomic mass is 19.4. The van der Waals surface area contributed by atoms with E-state index in [1.165, 1.54) is 0 Å². The van der Waals surface area contributed by atoms with E-state index in [1.807, 2.05) is 0 Å². The molecule has 15 heavy (non-hydrogen) atoms. The first-order chi connectivity index (χ1) is 6.83. The predicted octanol–water partition coefficient (Wildman–Crippen LogP) is 2.02. The first kappa shape index (κ1) is 14.7. The molecular formula is C10H21F3N2. The van der Waals surface area contributed by atoms with Gasteiger partial charge < -0.3 is 10.6 Å². The number of hydrogen-bond acceptors (Lipinski definition) is 2. The van der Waals surface area contributed by atoms with Gasteiger partial charge in [-0.1, -0.05) is 20.8 Å². The molecule has 2 N–H and O–H groups in total. The monoisotopic (exact) mass is 226 g/mol. The molecule has 0 radical (unpaired) electrons. The van der Waals surface area contributed by atoms with E-state index in [-0.39, 0.29) is 0 Å². The Morgan fingerprint density at radius 1 is 1.00 bits per heavy atom. The number of hydrogen-bond donors (Lipinski definition) is 2. The van der Waals surface area contributed by atoms with Crippen molar-refractivity contribution >= 4 is 0 Å². The first-order valence-corrected chi connectivity index (χ1v) is 5.31. The van der Waals surface area contributed by atoms with Crippen molar-refractivity contribution in [1.29, 1.82) is 0 Å². The molecule has 2 nitrogen and oxygen atoms in total.